The smallest absolute Gasteiger partial charge is 0.336 e. The lowest BCUT2D eigenvalue weighted by atomic mass is 10.1. The van der Waals surface area contributed by atoms with Gasteiger partial charge in [-0.3, -0.25) is 0 Å². The van der Waals surface area contributed by atoms with Crippen LogP contribution >= 0.6 is 0 Å². The van der Waals surface area contributed by atoms with Crippen LogP contribution in [-0.2, 0) is 0 Å². The van der Waals surface area contributed by atoms with Gasteiger partial charge in [0.05, 0.1) is 11.1 Å². The van der Waals surface area contributed by atoms with E-state index in [0.717, 1.165) is 0 Å². The average molecular weight is 255 g/mol. The first-order chi connectivity index (χ1) is 8.93. The molecule has 0 spiro atoms. The van der Waals surface area contributed by atoms with E-state index in [9.17, 15) is 4.79 Å². The maximum Gasteiger partial charge on any atom is 0.336 e. The van der Waals surface area contributed by atoms with E-state index in [1.807, 2.05) is 0 Å². The number of fused-ring (bicyclic) bond motifs is 1. The van der Waals surface area contributed by atoms with Gasteiger partial charge >= 0.3 is 5.97 Å². The van der Waals surface area contributed by atoms with Crippen LogP contribution in [0.3, 0.4) is 0 Å². The lowest BCUT2D eigenvalue weighted by Crippen LogP contribution is -2.25. The zero-order valence-corrected chi connectivity index (χ0v) is 10.7. The van der Waals surface area contributed by atoms with Crippen LogP contribution in [-0.4, -0.2) is 21.7 Å². The SMILES string of the molecule is C#CC(C)(C)Oc1ccc2c(C(=O)O)cccc2n1. The number of rotatable bonds is 3. The van der Waals surface area contributed by atoms with Gasteiger partial charge in [0.2, 0.25) is 5.88 Å². The highest BCUT2D eigenvalue weighted by molar-refractivity contribution is 6.02. The van der Waals surface area contributed by atoms with E-state index >= 15 is 0 Å². The van der Waals surface area contributed by atoms with E-state index < -0.39 is 11.6 Å². The van der Waals surface area contributed by atoms with Gasteiger partial charge in [-0.15, -0.1) is 6.42 Å². The number of pyridine rings is 1. The van der Waals surface area contributed by atoms with Crippen LogP contribution in [0.4, 0.5) is 0 Å². The van der Waals surface area contributed by atoms with Crippen LogP contribution in [0.1, 0.15) is 24.2 Å². The van der Waals surface area contributed by atoms with Gasteiger partial charge in [0, 0.05) is 11.5 Å². The van der Waals surface area contributed by atoms with Gasteiger partial charge in [0.1, 0.15) is 0 Å². The van der Waals surface area contributed by atoms with Gasteiger partial charge in [0.25, 0.3) is 0 Å². The van der Waals surface area contributed by atoms with E-state index in [1.165, 1.54) is 6.07 Å². The molecule has 0 radical (unpaired) electrons. The van der Waals surface area contributed by atoms with Crippen LogP contribution < -0.4 is 4.74 Å². The molecule has 0 bridgehead atoms. The Bertz CT molecular complexity index is 683. The topological polar surface area (TPSA) is 59.4 Å². The minimum Gasteiger partial charge on any atom is -0.478 e. The number of ether oxygens (including phenoxy) is 1. The molecule has 4 nitrogen and oxygen atoms in total. The summed E-state index contributed by atoms with van der Waals surface area (Å²) in [6.45, 7) is 3.51. The fourth-order valence-corrected chi connectivity index (χ4v) is 1.67. The molecule has 0 saturated heterocycles. The third-order valence-corrected chi connectivity index (χ3v) is 2.64. The largest absolute Gasteiger partial charge is 0.478 e. The highest BCUT2D eigenvalue weighted by Gasteiger charge is 2.17. The van der Waals surface area contributed by atoms with Gasteiger partial charge < -0.3 is 9.84 Å². The number of carboxylic acid groups (broad SMARTS) is 1. The Labute approximate surface area is 111 Å². The van der Waals surface area contributed by atoms with Crippen molar-refractivity contribution in [1.82, 2.24) is 4.98 Å². The van der Waals surface area contributed by atoms with Crippen molar-refractivity contribution in [2.45, 2.75) is 19.4 Å². The zero-order chi connectivity index (χ0) is 14.0. The van der Waals surface area contributed by atoms with Crippen LogP contribution in [0.5, 0.6) is 5.88 Å². The third kappa shape index (κ3) is 2.66. The number of aromatic nitrogens is 1. The van der Waals surface area contributed by atoms with Crippen molar-refractivity contribution >= 4 is 16.9 Å². The maximum absolute atomic E-state index is 11.1. The van der Waals surface area contributed by atoms with Crippen LogP contribution in [0, 0.1) is 12.3 Å². The molecule has 1 N–H and O–H groups in total. The molecule has 19 heavy (non-hydrogen) atoms. The van der Waals surface area contributed by atoms with Crippen LogP contribution in [0.15, 0.2) is 30.3 Å². The molecule has 0 aliphatic rings. The first kappa shape index (κ1) is 12.9. The minimum atomic E-state index is -0.981. The molecule has 0 unspecified atom stereocenters. The number of benzene rings is 1. The standard InChI is InChI=1S/C15H13NO3/c1-4-15(2,3)19-13-9-8-10-11(14(17)18)6-5-7-12(10)16-13/h1,5-9H,2-3H3,(H,17,18). The summed E-state index contributed by atoms with van der Waals surface area (Å²) in [6.07, 6.45) is 5.35. The van der Waals surface area contributed by atoms with Crippen molar-refractivity contribution in [3.05, 3.63) is 35.9 Å². The Morgan fingerprint density at radius 2 is 2.11 bits per heavy atom. The highest BCUT2D eigenvalue weighted by atomic mass is 16.5. The lowest BCUT2D eigenvalue weighted by Gasteiger charge is -2.19. The Balaban J connectivity index is 2.49. The van der Waals surface area contributed by atoms with Crippen molar-refractivity contribution < 1.29 is 14.6 Å². The van der Waals surface area contributed by atoms with Gasteiger partial charge in [-0.2, -0.15) is 0 Å². The van der Waals surface area contributed by atoms with E-state index in [-0.39, 0.29) is 5.56 Å². The Morgan fingerprint density at radius 3 is 2.74 bits per heavy atom. The Morgan fingerprint density at radius 1 is 1.37 bits per heavy atom. The predicted octanol–water partition coefficient (Wildman–Crippen LogP) is 2.72. The minimum absolute atomic E-state index is 0.216. The summed E-state index contributed by atoms with van der Waals surface area (Å²) in [5.41, 5.74) is 0.0171. The monoisotopic (exact) mass is 255 g/mol. The van der Waals surface area contributed by atoms with Crippen LogP contribution in [0.25, 0.3) is 10.9 Å². The zero-order valence-electron chi connectivity index (χ0n) is 10.7. The van der Waals surface area contributed by atoms with E-state index in [0.29, 0.717) is 16.8 Å². The Hall–Kier alpha value is -2.54. The van der Waals surface area contributed by atoms with Gasteiger partial charge in [-0.05, 0) is 32.0 Å². The van der Waals surface area contributed by atoms with Crippen molar-refractivity contribution in [2.24, 2.45) is 0 Å². The lowest BCUT2D eigenvalue weighted by molar-refractivity contribution is 0.0699. The second-order valence-electron chi connectivity index (χ2n) is 4.58. The van der Waals surface area contributed by atoms with Crippen molar-refractivity contribution in [2.75, 3.05) is 0 Å². The molecule has 0 atom stereocenters. The maximum atomic E-state index is 11.1. The Kier molecular flexibility index (Phi) is 3.14. The molecule has 2 aromatic rings. The molecule has 0 amide bonds. The summed E-state index contributed by atoms with van der Waals surface area (Å²) in [5, 5.41) is 9.66. The molecule has 96 valence electrons. The first-order valence-corrected chi connectivity index (χ1v) is 5.73. The molecular formula is C15H13NO3. The number of aromatic carboxylic acids is 1. The van der Waals surface area contributed by atoms with E-state index in [4.69, 9.17) is 16.3 Å². The molecule has 1 aromatic carbocycles. The normalized spacial score (nSPS) is 11.0. The third-order valence-electron chi connectivity index (χ3n) is 2.64. The summed E-state index contributed by atoms with van der Waals surface area (Å²) in [5.74, 6) is 1.90. The van der Waals surface area contributed by atoms with E-state index in [2.05, 4.69) is 10.9 Å². The second kappa shape index (κ2) is 4.62. The average Bonchev–Trinajstić information content (AvgIpc) is 2.37. The number of carbonyl (C=O) groups is 1. The number of terminal acetylenes is 1. The summed E-state index contributed by atoms with van der Waals surface area (Å²) in [6, 6.07) is 8.21. The molecule has 0 aliphatic heterocycles. The van der Waals surface area contributed by atoms with Gasteiger partial charge in [0.15, 0.2) is 5.60 Å². The molecule has 4 heteroatoms. The van der Waals surface area contributed by atoms with E-state index in [1.54, 1.807) is 38.1 Å². The number of hydrogen-bond acceptors (Lipinski definition) is 3. The molecule has 1 aromatic heterocycles. The summed E-state index contributed by atoms with van der Waals surface area (Å²) >= 11 is 0. The number of nitrogens with zero attached hydrogens (tertiary/aromatic N) is 1. The molecule has 0 aliphatic carbocycles. The second-order valence-corrected chi connectivity index (χ2v) is 4.58. The molecule has 1 heterocycles. The number of carboxylic acids is 1. The molecule has 0 fully saturated rings. The fraction of sp³-hybridized carbons (Fsp3) is 0.200. The van der Waals surface area contributed by atoms with Crippen LogP contribution in [0.2, 0.25) is 0 Å². The quantitative estimate of drug-likeness (QED) is 0.857. The fourth-order valence-electron chi connectivity index (χ4n) is 1.67. The van der Waals surface area contributed by atoms with Gasteiger partial charge in [-0.25, -0.2) is 9.78 Å². The van der Waals surface area contributed by atoms with Crippen molar-refractivity contribution in [1.29, 1.82) is 0 Å². The molecule has 0 saturated carbocycles. The predicted molar refractivity (Wildman–Crippen MR) is 72.2 cm³/mol. The van der Waals surface area contributed by atoms with Gasteiger partial charge in [-0.1, -0.05) is 12.0 Å². The highest BCUT2D eigenvalue weighted by Crippen LogP contribution is 2.22. The molecular weight excluding hydrogens is 242 g/mol. The summed E-state index contributed by atoms with van der Waals surface area (Å²) in [7, 11) is 0. The number of hydrogen-bond donors (Lipinski definition) is 1. The first-order valence-electron chi connectivity index (χ1n) is 5.73. The van der Waals surface area contributed by atoms with Crippen molar-refractivity contribution in [3.63, 3.8) is 0 Å². The summed E-state index contributed by atoms with van der Waals surface area (Å²) < 4.78 is 5.56. The molecule has 2 rings (SSSR count). The summed E-state index contributed by atoms with van der Waals surface area (Å²) in [4.78, 5) is 15.4. The van der Waals surface area contributed by atoms with Crippen molar-refractivity contribution in [3.8, 4) is 18.2 Å².